The zero-order valence-electron chi connectivity index (χ0n) is 12.1. The smallest absolute Gasteiger partial charge is 0.329 e. The van der Waals surface area contributed by atoms with Crippen molar-refractivity contribution in [2.45, 2.75) is 44.6 Å². The monoisotopic (exact) mass is 308 g/mol. The van der Waals surface area contributed by atoms with Crippen molar-refractivity contribution >= 4 is 12.0 Å². The summed E-state index contributed by atoms with van der Waals surface area (Å²) in [6.07, 6.45) is -1.02. The zero-order chi connectivity index (χ0) is 16.0. The first-order chi connectivity index (χ1) is 9.89. The number of hydrogen-bond donors (Lipinski definition) is 2. The fourth-order valence-electron chi connectivity index (χ4n) is 2.88. The lowest BCUT2D eigenvalue weighted by Crippen LogP contribution is -2.57. The number of carbonyl (C=O) groups excluding carboxylic acids is 1. The summed E-state index contributed by atoms with van der Waals surface area (Å²) in [5.74, 6) is -1.10. The van der Waals surface area contributed by atoms with Crippen LogP contribution in [0.15, 0.2) is 0 Å². The molecular formula is C13H22F2N2O4. The van der Waals surface area contributed by atoms with E-state index in [0.717, 1.165) is 4.90 Å². The number of likely N-dealkylation sites (tertiary alicyclic amines) is 1. The van der Waals surface area contributed by atoms with E-state index >= 15 is 0 Å². The molecule has 0 bridgehead atoms. The van der Waals surface area contributed by atoms with Gasteiger partial charge in [0.15, 0.2) is 0 Å². The first-order valence-corrected chi connectivity index (χ1v) is 7.08. The fraction of sp³-hybridized carbons (Fsp3) is 0.846. The van der Waals surface area contributed by atoms with Gasteiger partial charge in [-0.15, -0.1) is 0 Å². The van der Waals surface area contributed by atoms with Crippen LogP contribution in [0.2, 0.25) is 0 Å². The molecule has 21 heavy (non-hydrogen) atoms. The standard InChI is InChI=1S/C13H22F2N2O4/c1-2-4-13(11(19)20)5-3-6-17(13)12(21)16(7-8-18)9-10(14)15/h10,18H,2-9H2,1H3,(H,19,20). The molecule has 2 N–H and O–H groups in total. The van der Waals surface area contributed by atoms with E-state index in [-0.39, 0.29) is 19.5 Å². The quantitative estimate of drug-likeness (QED) is 0.744. The second kappa shape index (κ2) is 7.53. The van der Waals surface area contributed by atoms with Gasteiger partial charge in [-0.25, -0.2) is 18.4 Å². The SMILES string of the molecule is CCCC1(C(=O)O)CCCN1C(=O)N(CCO)CC(F)F. The molecule has 0 aromatic carbocycles. The first kappa shape index (κ1) is 17.6. The zero-order valence-corrected chi connectivity index (χ0v) is 12.1. The molecule has 0 saturated carbocycles. The van der Waals surface area contributed by atoms with Crippen molar-refractivity contribution in [3.8, 4) is 0 Å². The van der Waals surface area contributed by atoms with Gasteiger partial charge in [-0.05, 0) is 19.3 Å². The van der Waals surface area contributed by atoms with Gasteiger partial charge in [0, 0.05) is 13.1 Å². The van der Waals surface area contributed by atoms with Crippen LogP contribution in [0.4, 0.5) is 13.6 Å². The van der Waals surface area contributed by atoms with E-state index in [9.17, 15) is 23.5 Å². The second-order valence-electron chi connectivity index (χ2n) is 5.19. The van der Waals surface area contributed by atoms with Gasteiger partial charge in [-0.1, -0.05) is 13.3 Å². The molecule has 1 saturated heterocycles. The van der Waals surface area contributed by atoms with E-state index in [4.69, 9.17) is 5.11 Å². The Morgan fingerprint density at radius 2 is 2.10 bits per heavy atom. The number of urea groups is 1. The van der Waals surface area contributed by atoms with E-state index in [2.05, 4.69) is 0 Å². The van der Waals surface area contributed by atoms with Crippen molar-refractivity contribution in [3.05, 3.63) is 0 Å². The van der Waals surface area contributed by atoms with Crippen molar-refractivity contribution < 1.29 is 28.6 Å². The third-order valence-corrected chi connectivity index (χ3v) is 3.78. The summed E-state index contributed by atoms with van der Waals surface area (Å²) in [5, 5.41) is 18.4. The predicted octanol–water partition coefficient (Wildman–Crippen LogP) is 1.39. The Kier molecular flexibility index (Phi) is 6.32. The summed E-state index contributed by atoms with van der Waals surface area (Å²) in [7, 11) is 0. The van der Waals surface area contributed by atoms with Crippen molar-refractivity contribution in [1.82, 2.24) is 9.80 Å². The van der Waals surface area contributed by atoms with Crippen LogP contribution >= 0.6 is 0 Å². The highest BCUT2D eigenvalue weighted by atomic mass is 19.3. The van der Waals surface area contributed by atoms with Crippen LogP contribution in [0, 0.1) is 0 Å². The third kappa shape index (κ3) is 3.81. The number of hydrogen-bond acceptors (Lipinski definition) is 3. The molecule has 8 heteroatoms. The van der Waals surface area contributed by atoms with E-state index < -0.39 is 37.1 Å². The number of aliphatic carboxylic acids is 1. The number of carboxylic acid groups (broad SMARTS) is 1. The van der Waals surface area contributed by atoms with Gasteiger partial charge in [0.05, 0.1) is 13.2 Å². The number of halogens is 2. The van der Waals surface area contributed by atoms with Crippen LogP contribution in [-0.4, -0.2) is 70.2 Å². The number of carboxylic acids is 1. The molecule has 0 radical (unpaired) electrons. The number of aliphatic hydroxyl groups is 1. The molecule has 122 valence electrons. The number of aliphatic hydroxyl groups excluding tert-OH is 1. The van der Waals surface area contributed by atoms with Crippen LogP contribution in [0.3, 0.4) is 0 Å². The summed E-state index contributed by atoms with van der Waals surface area (Å²) in [5.41, 5.74) is -1.32. The topological polar surface area (TPSA) is 81.1 Å². The Balaban J connectivity index is 2.98. The van der Waals surface area contributed by atoms with E-state index in [1.54, 1.807) is 0 Å². The normalized spacial score (nSPS) is 21.9. The molecular weight excluding hydrogens is 286 g/mol. The van der Waals surface area contributed by atoms with E-state index in [1.165, 1.54) is 4.90 Å². The van der Waals surface area contributed by atoms with Gasteiger partial charge in [0.1, 0.15) is 5.54 Å². The Hall–Kier alpha value is -1.44. The number of rotatable bonds is 7. The van der Waals surface area contributed by atoms with Crippen LogP contribution in [0.5, 0.6) is 0 Å². The summed E-state index contributed by atoms with van der Waals surface area (Å²) in [4.78, 5) is 26.0. The summed E-state index contributed by atoms with van der Waals surface area (Å²) in [6.45, 7) is 0.561. The molecule has 0 spiro atoms. The average Bonchev–Trinajstić information content (AvgIpc) is 2.82. The number of amides is 2. The lowest BCUT2D eigenvalue weighted by Gasteiger charge is -2.38. The highest BCUT2D eigenvalue weighted by Gasteiger charge is 2.50. The average molecular weight is 308 g/mol. The fourth-order valence-corrected chi connectivity index (χ4v) is 2.88. The molecule has 6 nitrogen and oxygen atoms in total. The van der Waals surface area contributed by atoms with Crippen molar-refractivity contribution in [2.75, 3.05) is 26.2 Å². The summed E-state index contributed by atoms with van der Waals surface area (Å²) in [6, 6.07) is -0.738. The Labute approximate surface area is 122 Å². The van der Waals surface area contributed by atoms with Gasteiger partial charge in [-0.3, -0.25) is 0 Å². The van der Waals surface area contributed by atoms with Gasteiger partial charge in [0.25, 0.3) is 6.43 Å². The molecule has 0 aromatic rings. The van der Waals surface area contributed by atoms with Gasteiger partial charge in [0.2, 0.25) is 0 Å². The second-order valence-corrected chi connectivity index (χ2v) is 5.19. The minimum Gasteiger partial charge on any atom is -0.479 e. The lowest BCUT2D eigenvalue weighted by molar-refractivity contribution is -0.149. The molecule has 1 aliphatic heterocycles. The lowest BCUT2D eigenvalue weighted by atomic mass is 9.91. The highest BCUT2D eigenvalue weighted by Crippen LogP contribution is 2.35. The molecule has 0 aromatic heterocycles. The maximum atomic E-state index is 12.5. The highest BCUT2D eigenvalue weighted by molar-refractivity contribution is 5.87. The van der Waals surface area contributed by atoms with Gasteiger partial charge >= 0.3 is 12.0 Å². The molecule has 1 heterocycles. The predicted molar refractivity (Wildman–Crippen MR) is 71.3 cm³/mol. The third-order valence-electron chi connectivity index (χ3n) is 3.78. The summed E-state index contributed by atoms with van der Waals surface area (Å²) < 4.78 is 25.1. The van der Waals surface area contributed by atoms with Crippen LogP contribution in [-0.2, 0) is 4.79 Å². The Morgan fingerprint density at radius 1 is 1.43 bits per heavy atom. The first-order valence-electron chi connectivity index (χ1n) is 7.08. The van der Waals surface area contributed by atoms with Crippen LogP contribution in [0.1, 0.15) is 32.6 Å². The van der Waals surface area contributed by atoms with E-state index in [0.29, 0.717) is 19.3 Å². The largest absolute Gasteiger partial charge is 0.479 e. The maximum Gasteiger partial charge on any atom is 0.329 e. The van der Waals surface area contributed by atoms with Crippen molar-refractivity contribution in [1.29, 1.82) is 0 Å². The minimum atomic E-state index is -2.73. The van der Waals surface area contributed by atoms with Gasteiger partial charge < -0.3 is 20.0 Å². The number of alkyl halides is 2. The number of nitrogens with zero attached hydrogens (tertiary/aromatic N) is 2. The van der Waals surface area contributed by atoms with E-state index in [1.807, 2.05) is 6.92 Å². The molecule has 1 fully saturated rings. The molecule has 2 amide bonds. The van der Waals surface area contributed by atoms with Crippen LogP contribution in [0.25, 0.3) is 0 Å². The number of carbonyl (C=O) groups is 2. The van der Waals surface area contributed by atoms with Crippen LogP contribution < -0.4 is 0 Å². The Bertz CT molecular complexity index is 381. The molecule has 0 aliphatic carbocycles. The molecule has 1 aliphatic rings. The molecule has 1 rings (SSSR count). The molecule has 1 atom stereocenters. The minimum absolute atomic E-state index is 0.232. The summed E-state index contributed by atoms with van der Waals surface area (Å²) >= 11 is 0. The van der Waals surface area contributed by atoms with Crippen molar-refractivity contribution in [2.24, 2.45) is 0 Å². The Morgan fingerprint density at radius 3 is 2.57 bits per heavy atom. The maximum absolute atomic E-state index is 12.5. The van der Waals surface area contributed by atoms with Crippen molar-refractivity contribution in [3.63, 3.8) is 0 Å². The molecule has 1 unspecified atom stereocenters. The van der Waals surface area contributed by atoms with Gasteiger partial charge in [-0.2, -0.15) is 0 Å².